The maximum Gasteiger partial charge on any atom is 0.257 e. The molecule has 2 aliphatic rings. The monoisotopic (exact) mass is 468 g/mol. The molecule has 5 rings (SSSR count). The standard InChI is InChI=1S/C24H22F2N4O2S/c25-16-7-5-15(6-8-16)22(31)28-24-27-21-17(9-10-20(21)33-24)23(32)30-13-11-29(12-14-30)19-4-2-1-3-18(19)26/h1-8,17H,9-14H2,(H,27,28,31). The Bertz CT molecular complexity index is 1190. The van der Waals surface area contributed by atoms with E-state index in [1.807, 2.05) is 15.9 Å². The summed E-state index contributed by atoms with van der Waals surface area (Å²) in [5.74, 6) is -1.32. The van der Waals surface area contributed by atoms with Crippen LogP contribution in [-0.4, -0.2) is 47.9 Å². The van der Waals surface area contributed by atoms with Crippen molar-refractivity contribution in [2.24, 2.45) is 0 Å². The number of thiazole rings is 1. The van der Waals surface area contributed by atoms with Crippen LogP contribution in [0.4, 0.5) is 19.6 Å². The molecule has 6 nitrogen and oxygen atoms in total. The number of aryl methyl sites for hydroxylation is 1. The van der Waals surface area contributed by atoms with E-state index in [-0.39, 0.29) is 23.5 Å². The summed E-state index contributed by atoms with van der Waals surface area (Å²) in [5.41, 5.74) is 1.64. The van der Waals surface area contributed by atoms with Crippen LogP contribution in [0.15, 0.2) is 48.5 Å². The van der Waals surface area contributed by atoms with Gasteiger partial charge in [-0.2, -0.15) is 0 Å². The number of aromatic nitrogens is 1. The number of anilines is 2. The lowest BCUT2D eigenvalue weighted by molar-refractivity contribution is -0.133. The molecule has 1 fully saturated rings. The first-order valence-corrected chi connectivity index (χ1v) is 11.7. The fourth-order valence-electron chi connectivity index (χ4n) is 4.39. The van der Waals surface area contributed by atoms with Crippen LogP contribution in [0.3, 0.4) is 0 Å². The van der Waals surface area contributed by atoms with Gasteiger partial charge in [0.1, 0.15) is 11.6 Å². The highest BCUT2D eigenvalue weighted by Gasteiger charge is 2.36. The first kappa shape index (κ1) is 21.5. The zero-order valence-electron chi connectivity index (χ0n) is 17.8. The molecule has 2 heterocycles. The number of nitrogens with zero attached hydrogens (tertiary/aromatic N) is 3. The predicted octanol–water partition coefficient (Wildman–Crippen LogP) is 4.05. The van der Waals surface area contributed by atoms with E-state index < -0.39 is 5.82 Å². The van der Waals surface area contributed by atoms with Crippen LogP contribution < -0.4 is 10.2 Å². The smallest absolute Gasteiger partial charge is 0.257 e. The third-order valence-electron chi connectivity index (χ3n) is 6.13. The molecule has 33 heavy (non-hydrogen) atoms. The molecule has 3 aromatic rings. The van der Waals surface area contributed by atoms with Crippen molar-refractivity contribution in [3.05, 3.63) is 76.3 Å². The highest BCUT2D eigenvalue weighted by Crippen LogP contribution is 2.39. The minimum absolute atomic E-state index is 0.0312. The summed E-state index contributed by atoms with van der Waals surface area (Å²) in [6.07, 6.45) is 1.44. The molecule has 1 aliphatic heterocycles. The number of carbonyl (C=O) groups excluding carboxylic acids is 2. The highest BCUT2D eigenvalue weighted by atomic mass is 32.1. The molecule has 1 N–H and O–H groups in total. The third-order valence-corrected chi connectivity index (χ3v) is 7.17. The molecule has 1 aliphatic carbocycles. The number of rotatable bonds is 4. The van der Waals surface area contributed by atoms with E-state index in [9.17, 15) is 18.4 Å². The van der Waals surface area contributed by atoms with Crippen LogP contribution >= 0.6 is 11.3 Å². The topological polar surface area (TPSA) is 65.5 Å². The van der Waals surface area contributed by atoms with Crippen molar-refractivity contribution >= 4 is 34.0 Å². The van der Waals surface area contributed by atoms with Gasteiger partial charge < -0.3 is 9.80 Å². The van der Waals surface area contributed by atoms with Gasteiger partial charge in [0.15, 0.2) is 5.13 Å². The number of hydrogen-bond acceptors (Lipinski definition) is 5. The molecule has 2 amide bonds. The summed E-state index contributed by atoms with van der Waals surface area (Å²) >= 11 is 1.38. The van der Waals surface area contributed by atoms with E-state index >= 15 is 0 Å². The van der Waals surface area contributed by atoms with Gasteiger partial charge in [0.2, 0.25) is 5.91 Å². The van der Waals surface area contributed by atoms with E-state index in [0.717, 1.165) is 17.0 Å². The summed E-state index contributed by atoms with van der Waals surface area (Å²) in [6.45, 7) is 2.19. The lowest BCUT2D eigenvalue weighted by Gasteiger charge is -2.37. The number of nitrogens with one attached hydrogen (secondary N) is 1. The van der Waals surface area contributed by atoms with E-state index in [0.29, 0.717) is 49.0 Å². The van der Waals surface area contributed by atoms with Crippen LogP contribution in [0.5, 0.6) is 0 Å². The van der Waals surface area contributed by atoms with Gasteiger partial charge in [-0.05, 0) is 49.2 Å². The fraction of sp³-hybridized carbons (Fsp3) is 0.292. The molecule has 1 saturated heterocycles. The van der Waals surface area contributed by atoms with E-state index in [2.05, 4.69) is 10.3 Å². The molecular formula is C24H22F2N4O2S. The maximum atomic E-state index is 14.1. The molecule has 1 atom stereocenters. The van der Waals surface area contributed by atoms with Crippen molar-refractivity contribution in [1.82, 2.24) is 9.88 Å². The zero-order valence-corrected chi connectivity index (χ0v) is 18.6. The second-order valence-electron chi connectivity index (χ2n) is 8.14. The van der Waals surface area contributed by atoms with Crippen LogP contribution in [0, 0.1) is 11.6 Å². The quantitative estimate of drug-likeness (QED) is 0.628. The average Bonchev–Trinajstić information content (AvgIpc) is 3.40. The largest absolute Gasteiger partial charge is 0.366 e. The van der Waals surface area contributed by atoms with Crippen LogP contribution in [-0.2, 0) is 11.2 Å². The minimum Gasteiger partial charge on any atom is -0.366 e. The Kier molecular flexibility index (Phi) is 5.80. The Balaban J connectivity index is 1.23. The van der Waals surface area contributed by atoms with E-state index in [1.54, 1.807) is 12.1 Å². The van der Waals surface area contributed by atoms with Crippen molar-refractivity contribution < 1.29 is 18.4 Å². The molecule has 1 unspecified atom stereocenters. The first-order valence-electron chi connectivity index (χ1n) is 10.8. The van der Waals surface area contributed by atoms with Crippen LogP contribution in [0.1, 0.15) is 33.3 Å². The Hall–Kier alpha value is -3.33. The van der Waals surface area contributed by atoms with Gasteiger partial charge in [-0.25, -0.2) is 13.8 Å². The Morgan fingerprint density at radius 3 is 2.45 bits per heavy atom. The number of carbonyl (C=O) groups is 2. The van der Waals surface area contributed by atoms with Crippen molar-refractivity contribution in [3.63, 3.8) is 0 Å². The summed E-state index contributed by atoms with van der Waals surface area (Å²) in [5, 5.41) is 3.20. The van der Waals surface area contributed by atoms with Crippen LogP contribution in [0.25, 0.3) is 0 Å². The van der Waals surface area contributed by atoms with Crippen molar-refractivity contribution in [2.75, 3.05) is 36.4 Å². The number of benzene rings is 2. The SMILES string of the molecule is O=C(Nc1nc2c(s1)CCC2C(=O)N1CCN(c2ccccc2F)CC1)c1ccc(F)cc1. The normalized spacial score (nSPS) is 17.7. The Labute approximate surface area is 193 Å². The second kappa shape index (κ2) is 8.90. The van der Waals surface area contributed by atoms with Gasteiger partial charge in [-0.1, -0.05) is 12.1 Å². The predicted molar refractivity (Wildman–Crippen MR) is 123 cm³/mol. The number of amides is 2. The van der Waals surface area contributed by atoms with E-state index in [4.69, 9.17) is 0 Å². The van der Waals surface area contributed by atoms with Gasteiger partial charge in [0, 0.05) is 36.6 Å². The van der Waals surface area contributed by atoms with Gasteiger partial charge in [-0.15, -0.1) is 11.3 Å². The molecule has 0 bridgehead atoms. The summed E-state index contributed by atoms with van der Waals surface area (Å²) < 4.78 is 27.2. The number of fused-ring (bicyclic) bond motifs is 1. The maximum absolute atomic E-state index is 14.1. The molecule has 0 saturated carbocycles. The highest BCUT2D eigenvalue weighted by molar-refractivity contribution is 7.16. The second-order valence-corrected chi connectivity index (χ2v) is 9.23. The summed E-state index contributed by atoms with van der Waals surface area (Å²) in [7, 11) is 0. The van der Waals surface area contributed by atoms with Gasteiger partial charge in [0.05, 0.1) is 17.3 Å². The number of hydrogen-bond donors (Lipinski definition) is 1. The van der Waals surface area contributed by atoms with Gasteiger partial charge in [0.25, 0.3) is 5.91 Å². The Morgan fingerprint density at radius 1 is 1.00 bits per heavy atom. The molecule has 170 valence electrons. The lowest BCUT2D eigenvalue weighted by atomic mass is 10.1. The molecule has 0 spiro atoms. The van der Waals surface area contributed by atoms with Crippen molar-refractivity contribution in [1.29, 1.82) is 0 Å². The molecule has 2 aromatic carbocycles. The lowest BCUT2D eigenvalue weighted by Crippen LogP contribution is -2.50. The fourth-order valence-corrected chi connectivity index (χ4v) is 5.42. The van der Waals surface area contributed by atoms with Crippen molar-refractivity contribution in [3.8, 4) is 0 Å². The van der Waals surface area contributed by atoms with E-state index in [1.165, 1.54) is 41.7 Å². The number of halogens is 2. The number of para-hydroxylation sites is 1. The zero-order chi connectivity index (χ0) is 22.9. The average molecular weight is 469 g/mol. The molecule has 9 heteroatoms. The van der Waals surface area contributed by atoms with Gasteiger partial charge in [-0.3, -0.25) is 14.9 Å². The molecule has 1 aromatic heterocycles. The summed E-state index contributed by atoms with van der Waals surface area (Å²) in [4.78, 5) is 35.0. The third kappa shape index (κ3) is 4.32. The summed E-state index contributed by atoms with van der Waals surface area (Å²) in [6, 6.07) is 12.0. The van der Waals surface area contributed by atoms with Crippen LogP contribution in [0.2, 0.25) is 0 Å². The molecular weight excluding hydrogens is 446 g/mol. The van der Waals surface area contributed by atoms with Crippen molar-refractivity contribution in [2.45, 2.75) is 18.8 Å². The minimum atomic E-state index is -0.407. The first-order chi connectivity index (χ1) is 16.0. The molecule has 0 radical (unpaired) electrons. The Morgan fingerprint density at radius 2 is 1.73 bits per heavy atom. The van der Waals surface area contributed by atoms with Gasteiger partial charge >= 0.3 is 0 Å². The number of piperazine rings is 1.